The van der Waals surface area contributed by atoms with Gasteiger partial charge in [0, 0.05) is 0 Å². The summed E-state index contributed by atoms with van der Waals surface area (Å²) in [5.74, 6) is 0. The Bertz CT molecular complexity index is 644. The molecule has 0 aliphatic carbocycles. The fraction of sp³-hybridized carbons (Fsp3) is 0.100. The Kier molecular flexibility index (Phi) is 3.40. The molecule has 0 atom stereocenters. The molecule has 0 radical (unpaired) electrons. The largest absolute Gasteiger partial charge is 0.294 e. The average Bonchev–Trinajstić information content (AvgIpc) is 2.33. The predicted molar refractivity (Wildman–Crippen MR) is 67.0 cm³/mol. The van der Waals surface area contributed by atoms with Gasteiger partial charge < -0.3 is 0 Å². The van der Waals surface area contributed by atoms with Gasteiger partial charge in [0.2, 0.25) is 0 Å². The number of hydrogen-bond acceptors (Lipinski definition) is 6. The zero-order chi connectivity index (χ0) is 14.0. The molecule has 2 N–H and O–H groups in total. The van der Waals surface area contributed by atoms with Gasteiger partial charge >= 0.3 is 0 Å². The van der Waals surface area contributed by atoms with Gasteiger partial charge in [-0.1, -0.05) is 21.0 Å². The molecule has 0 spiro atoms. The van der Waals surface area contributed by atoms with Crippen LogP contribution in [0.5, 0.6) is 0 Å². The summed E-state index contributed by atoms with van der Waals surface area (Å²) >= 11 is 0. The maximum Gasteiger partial charge on any atom is 0.294 e. The molecule has 0 fully saturated rings. The summed E-state index contributed by atoms with van der Waals surface area (Å²) in [6.07, 6.45) is 3.85. The van der Waals surface area contributed by atoms with E-state index in [1.807, 2.05) is 0 Å². The number of hydrazine groups is 2. The van der Waals surface area contributed by atoms with Crippen molar-refractivity contribution in [3.63, 3.8) is 0 Å². The van der Waals surface area contributed by atoms with Crippen LogP contribution < -0.4 is 5.43 Å². The van der Waals surface area contributed by atoms with Crippen LogP contribution in [0.2, 0.25) is 0 Å². The van der Waals surface area contributed by atoms with Gasteiger partial charge in [-0.3, -0.25) is 9.98 Å². The second-order valence-electron chi connectivity index (χ2n) is 3.75. The van der Waals surface area contributed by atoms with Gasteiger partial charge in [-0.25, -0.2) is 0 Å². The Labute approximate surface area is 109 Å². The first-order valence-electron chi connectivity index (χ1n) is 5.18. The van der Waals surface area contributed by atoms with E-state index in [4.69, 9.17) is 4.55 Å². The number of nitrogens with zero attached hydrogens (tertiary/aromatic N) is 3. The van der Waals surface area contributed by atoms with E-state index < -0.39 is 10.1 Å². The quantitative estimate of drug-likeness (QED) is 0.647. The van der Waals surface area contributed by atoms with E-state index in [0.29, 0.717) is 11.3 Å². The van der Waals surface area contributed by atoms with Crippen molar-refractivity contribution in [3.05, 3.63) is 36.0 Å². The number of anilines is 1. The number of halogens is 1. The Balaban J connectivity index is 2.30. The smallest absolute Gasteiger partial charge is 0.282 e. The van der Waals surface area contributed by atoms with E-state index in [0.717, 1.165) is 11.4 Å². The summed E-state index contributed by atoms with van der Waals surface area (Å²) in [7, 11) is -4.31. The maximum absolute atomic E-state index is 13.3. The van der Waals surface area contributed by atoms with E-state index in [1.54, 1.807) is 6.92 Å². The van der Waals surface area contributed by atoms with Gasteiger partial charge in [-0.2, -0.15) is 8.42 Å². The van der Waals surface area contributed by atoms with Gasteiger partial charge in [0.15, 0.2) is 0 Å². The summed E-state index contributed by atoms with van der Waals surface area (Å²) in [5.41, 5.74) is 3.53. The van der Waals surface area contributed by atoms with Crippen molar-refractivity contribution in [2.45, 2.75) is 11.8 Å². The standard InChI is InChI=1S/C10H11FN4O3S/c1-8-3-4-9(19(16,17)18)7-10(8)13-15-12-5-2-6-14(15)11/h2-7,13H,1H3,(H,16,17,18). The van der Waals surface area contributed by atoms with Crippen molar-refractivity contribution in [2.24, 2.45) is 5.10 Å². The highest BCUT2D eigenvalue weighted by Crippen LogP contribution is 2.21. The molecule has 9 heteroatoms. The van der Waals surface area contributed by atoms with Crippen LogP contribution in [0.3, 0.4) is 0 Å². The highest BCUT2D eigenvalue weighted by atomic mass is 32.2. The number of nitrogens with one attached hydrogen (secondary N) is 1. The molecule has 0 saturated heterocycles. The number of allylic oxidation sites excluding steroid dienone is 1. The summed E-state index contributed by atoms with van der Waals surface area (Å²) in [4.78, 5) is -0.289. The van der Waals surface area contributed by atoms with E-state index in [2.05, 4.69) is 10.5 Å². The molecule has 1 heterocycles. The zero-order valence-electron chi connectivity index (χ0n) is 9.86. The second-order valence-corrected chi connectivity index (χ2v) is 5.17. The molecule has 1 aromatic rings. The lowest BCUT2D eigenvalue weighted by atomic mass is 10.2. The first-order valence-corrected chi connectivity index (χ1v) is 6.62. The summed E-state index contributed by atoms with van der Waals surface area (Å²) in [6, 6.07) is 3.92. The summed E-state index contributed by atoms with van der Waals surface area (Å²) < 4.78 is 44.4. The van der Waals surface area contributed by atoms with Crippen LogP contribution in [-0.4, -0.2) is 29.6 Å². The van der Waals surface area contributed by atoms with Crippen LogP contribution in [0, 0.1) is 6.92 Å². The molecule has 102 valence electrons. The Hall–Kier alpha value is -2.13. The maximum atomic E-state index is 13.3. The van der Waals surface area contributed by atoms with Crippen molar-refractivity contribution in [1.82, 2.24) is 10.5 Å². The first-order chi connectivity index (χ1) is 8.88. The van der Waals surface area contributed by atoms with Crippen LogP contribution in [0.1, 0.15) is 5.56 Å². The van der Waals surface area contributed by atoms with Gasteiger partial charge in [-0.15, -0.1) is 5.10 Å². The van der Waals surface area contributed by atoms with Gasteiger partial charge in [0.1, 0.15) is 0 Å². The number of aryl methyl sites for hydroxylation is 1. The second kappa shape index (κ2) is 4.86. The number of hydrazone groups is 1. The van der Waals surface area contributed by atoms with E-state index >= 15 is 0 Å². The molecule has 0 amide bonds. The molecule has 0 saturated carbocycles. The molecule has 1 aromatic carbocycles. The van der Waals surface area contributed by atoms with Crippen molar-refractivity contribution in [3.8, 4) is 0 Å². The van der Waals surface area contributed by atoms with Crippen LogP contribution in [0.15, 0.2) is 40.5 Å². The van der Waals surface area contributed by atoms with E-state index in [1.165, 1.54) is 30.5 Å². The van der Waals surface area contributed by atoms with Gasteiger partial charge in [0.25, 0.3) is 10.1 Å². The van der Waals surface area contributed by atoms with Crippen molar-refractivity contribution in [1.29, 1.82) is 0 Å². The monoisotopic (exact) mass is 286 g/mol. The third-order valence-corrected chi connectivity index (χ3v) is 3.23. The SMILES string of the molecule is Cc1ccc(S(=O)(=O)O)cc1NN1N=CC=CN1F. The fourth-order valence-corrected chi connectivity index (χ4v) is 1.90. The lowest BCUT2D eigenvalue weighted by molar-refractivity contribution is -0.112. The normalized spacial score (nSPS) is 14.9. The molecule has 0 aromatic heterocycles. The molecule has 2 rings (SSSR count). The Morgan fingerprint density at radius 1 is 1.42 bits per heavy atom. The van der Waals surface area contributed by atoms with E-state index in [9.17, 15) is 12.9 Å². The number of benzene rings is 1. The summed E-state index contributed by atoms with van der Waals surface area (Å²) in [5, 5.41) is 4.64. The molecule has 7 nitrogen and oxygen atoms in total. The molecular weight excluding hydrogens is 275 g/mol. The highest BCUT2D eigenvalue weighted by Gasteiger charge is 2.15. The minimum Gasteiger partial charge on any atom is -0.282 e. The van der Waals surface area contributed by atoms with Crippen molar-refractivity contribution in [2.75, 3.05) is 5.43 Å². The molecule has 0 unspecified atom stereocenters. The molecular formula is C10H11FN4O3S. The Morgan fingerprint density at radius 2 is 2.16 bits per heavy atom. The van der Waals surface area contributed by atoms with Crippen molar-refractivity contribution < 1.29 is 17.5 Å². The lowest BCUT2D eigenvalue weighted by Gasteiger charge is -2.26. The van der Waals surface area contributed by atoms with Gasteiger partial charge in [0.05, 0.1) is 23.0 Å². The molecule has 1 aliphatic heterocycles. The summed E-state index contributed by atoms with van der Waals surface area (Å²) in [6.45, 7) is 1.70. The third-order valence-electron chi connectivity index (χ3n) is 2.38. The van der Waals surface area contributed by atoms with Crippen LogP contribution in [0.4, 0.5) is 10.2 Å². The lowest BCUT2D eigenvalue weighted by Crippen LogP contribution is -2.35. The van der Waals surface area contributed by atoms with Gasteiger partial charge in [-0.05, 0) is 30.7 Å². The molecule has 19 heavy (non-hydrogen) atoms. The number of hydrogen-bond donors (Lipinski definition) is 2. The van der Waals surface area contributed by atoms with Crippen molar-refractivity contribution >= 4 is 22.0 Å². The molecule has 1 aliphatic rings. The minimum absolute atomic E-state index is 0.180. The third kappa shape index (κ3) is 3.01. The Morgan fingerprint density at radius 3 is 2.79 bits per heavy atom. The first kappa shape index (κ1) is 13.3. The van der Waals surface area contributed by atoms with Crippen LogP contribution in [-0.2, 0) is 10.1 Å². The highest BCUT2D eigenvalue weighted by molar-refractivity contribution is 7.85. The zero-order valence-corrected chi connectivity index (χ0v) is 10.7. The average molecular weight is 286 g/mol. The fourth-order valence-electron chi connectivity index (χ4n) is 1.39. The predicted octanol–water partition coefficient (Wildman–Crippen LogP) is 1.49. The number of rotatable bonds is 3. The van der Waals surface area contributed by atoms with Crippen LogP contribution in [0.25, 0.3) is 0 Å². The topological polar surface area (TPSA) is 85.2 Å². The minimum atomic E-state index is -4.31. The van der Waals surface area contributed by atoms with Crippen LogP contribution >= 0.6 is 0 Å². The van der Waals surface area contributed by atoms with E-state index in [-0.39, 0.29) is 10.1 Å². The molecule has 0 bridgehead atoms.